The van der Waals surface area contributed by atoms with Crippen molar-refractivity contribution in [2.75, 3.05) is 20.3 Å². The summed E-state index contributed by atoms with van der Waals surface area (Å²) >= 11 is 16.2. The van der Waals surface area contributed by atoms with Crippen LogP contribution in [0, 0.1) is 0 Å². The van der Waals surface area contributed by atoms with Crippen molar-refractivity contribution in [2.24, 2.45) is 0 Å². The number of hydrogen-bond acceptors (Lipinski definition) is 4. The number of carbonyl (C=O) groups is 1. The quantitative estimate of drug-likeness (QED) is 0.578. The second-order valence-corrected chi connectivity index (χ2v) is 6.97. The van der Waals surface area contributed by atoms with Gasteiger partial charge in [-0.25, -0.2) is 9.24 Å². The molecule has 0 rings (SSSR count). The Labute approximate surface area is 110 Å². The van der Waals surface area contributed by atoms with Gasteiger partial charge < -0.3 is 0 Å². The van der Waals surface area contributed by atoms with Crippen molar-refractivity contribution in [3.63, 3.8) is 0 Å². The molecule has 0 aromatic carbocycles. The first-order valence-electron chi connectivity index (χ1n) is 4.43. The molecule has 5 nitrogen and oxygen atoms in total. The molecule has 0 aliphatic carbocycles. The van der Waals surface area contributed by atoms with Gasteiger partial charge in [0.15, 0.2) is 0 Å². The molecule has 16 heavy (non-hydrogen) atoms. The molecule has 0 atom stereocenters. The number of nitrogens with zero attached hydrogens (tertiary/aromatic N) is 1. The van der Waals surface area contributed by atoms with Crippen LogP contribution in [0.15, 0.2) is 0 Å². The van der Waals surface area contributed by atoms with Gasteiger partial charge >= 0.3 is 7.75 Å². The zero-order valence-corrected chi connectivity index (χ0v) is 12.2. The number of hydrogen-bond donors (Lipinski definition) is 0. The zero-order valence-electron chi connectivity index (χ0n) is 9.08. The van der Waals surface area contributed by atoms with Gasteiger partial charge in [0.1, 0.15) is 0 Å². The van der Waals surface area contributed by atoms with E-state index in [1.807, 2.05) is 0 Å². The summed E-state index contributed by atoms with van der Waals surface area (Å²) in [5, 5.41) is 0. The molecule has 0 spiro atoms. The highest BCUT2D eigenvalue weighted by molar-refractivity contribution is 7.52. The van der Waals surface area contributed by atoms with E-state index in [1.165, 1.54) is 7.05 Å². The Hall–Kier alpha value is 0.490. The van der Waals surface area contributed by atoms with Gasteiger partial charge in [-0.15, -0.1) is 0 Å². The molecule has 0 radical (unpaired) electrons. The molecular weight excluding hydrogens is 299 g/mol. The molecular formula is C7H13Cl3NO4P. The van der Waals surface area contributed by atoms with Crippen LogP contribution in [0.1, 0.15) is 13.8 Å². The molecule has 0 saturated heterocycles. The largest absolute Gasteiger partial charge is 0.437 e. The average Bonchev–Trinajstić information content (AvgIpc) is 2.14. The average molecular weight is 313 g/mol. The van der Waals surface area contributed by atoms with Crippen molar-refractivity contribution in [3.8, 4) is 0 Å². The molecule has 96 valence electrons. The topological polar surface area (TPSA) is 55.8 Å². The second-order valence-electron chi connectivity index (χ2n) is 2.63. The molecule has 0 fully saturated rings. The van der Waals surface area contributed by atoms with Crippen LogP contribution in [0.5, 0.6) is 0 Å². The minimum Gasteiger partial charge on any atom is -0.292 e. The van der Waals surface area contributed by atoms with Crippen LogP contribution in [0.2, 0.25) is 0 Å². The summed E-state index contributed by atoms with van der Waals surface area (Å²) < 4.78 is 20.4. The summed E-state index contributed by atoms with van der Waals surface area (Å²) in [6.07, 6.45) is 0. The van der Waals surface area contributed by atoms with Crippen molar-refractivity contribution in [1.29, 1.82) is 0 Å². The molecule has 0 aromatic heterocycles. The van der Waals surface area contributed by atoms with Gasteiger partial charge in [0.25, 0.3) is 9.70 Å². The maximum atomic E-state index is 12.1. The van der Waals surface area contributed by atoms with Gasteiger partial charge in [-0.3, -0.25) is 13.8 Å². The van der Waals surface area contributed by atoms with Gasteiger partial charge in [-0.2, -0.15) is 0 Å². The first kappa shape index (κ1) is 16.5. The number of amides is 1. The highest BCUT2D eigenvalue weighted by atomic mass is 35.6. The van der Waals surface area contributed by atoms with Crippen LogP contribution in [0.3, 0.4) is 0 Å². The zero-order chi connectivity index (χ0) is 13.0. The molecule has 9 heteroatoms. The normalized spacial score (nSPS) is 12.6. The Morgan fingerprint density at radius 1 is 1.25 bits per heavy atom. The monoisotopic (exact) mass is 311 g/mol. The van der Waals surface area contributed by atoms with E-state index in [1.54, 1.807) is 13.8 Å². The van der Waals surface area contributed by atoms with E-state index in [4.69, 9.17) is 43.9 Å². The standard InChI is InChI=1S/C7H13Cl3NO4P/c1-4-14-16(13,15-5-2)11(3)6(12)7(8,9)10/h4-5H2,1-3H3. The minimum atomic E-state index is -3.73. The Kier molecular flexibility index (Phi) is 6.63. The van der Waals surface area contributed by atoms with Crippen molar-refractivity contribution in [3.05, 3.63) is 0 Å². The van der Waals surface area contributed by atoms with E-state index < -0.39 is 17.4 Å². The minimum absolute atomic E-state index is 0.106. The number of halogens is 3. The van der Waals surface area contributed by atoms with Crippen LogP contribution in [0.4, 0.5) is 0 Å². The third-order valence-corrected chi connectivity index (χ3v) is 4.06. The number of carbonyl (C=O) groups excluding carboxylic acids is 1. The van der Waals surface area contributed by atoms with Gasteiger partial charge in [-0.05, 0) is 13.8 Å². The molecule has 1 amide bonds. The van der Waals surface area contributed by atoms with E-state index in [0.717, 1.165) is 0 Å². The predicted octanol–water partition coefficient (Wildman–Crippen LogP) is 3.00. The van der Waals surface area contributed by atoms with Crippen LogP contribution >= 0.6 is 42.5 Å². The lowest BCUT2D eigenvalue weighted by Gasteiger charge is -2.28. The molecule has 0 bridgehead atoms. The summed E-state index contributed by atoms with van der Waals surface area (Å²) in [5.41, 5.74) is 0. The van der Waals surface area contributed by atoms with Crippen molar-refractivity contribution in [1.82, 2.24) is 4.67 Å². The fourth-order valence-electron chi connectivity index (χ4n) is 0.831. The lowest BCUT2D eigenvalue weighted by Crippen LogP contribution is -2.35. The van der Waals surface area contributed by atoms with Crippen LogP contribution < -0.4 is 0 Å². The summed E-state index contributed by atoms with van der Waals surface area (Å²) in [7, 11) is -2.54. The van der Waals surface area contributed by atoms with E-state index >= 15 is 0 Å². The first-order valence-corrected chi connectivity index (χ1v) is 7.06. The molecule has 0 aliphatic rings. The number of alkyl halides is 3. The van der Waals surface area contributed by atoms with Crippen LogP contribution in [0.25, 0.3) is 0 Å². The van der Waals surface area contributed by atoms with Crippen LogP contribution in [-0.4, -0.2) is 34.6 Å². The lowest BCUT2D eigenvalue weighted by molar-refractivity contribution is -0.125. The highest BCUT2D eigenvalue weighted by Crippen LogP contribution is 2.52. The van der Waals surface area contributed by atoms with Crippen molar-refractivity contribution in [2.45, 2.75) is 17.6 Å². The Morgan fingerprint density at radius 3 is 1.88 bits per heavy atom. The second kappa shape index (κ2) is 6.43. The van der Waals surface area contributed by atoms with Crippen molar-refractivity contribution >= 4 is 48.5 Å². The Balaban J connectivity index is 4.95. The fourth-order valence-corrected chi connectivity index (χ4v) is 2.83. The van der Waals surface area contributed by atoms with Crippen LogP contribution in [-0.2, 0) is 18.4 Å². The van der Waals surface area contributed by atoms with Crippen molar-refractivity contribution < 1.29 is 18.4 Å². The predicted molar refractivity (Wildman–Crippen MR) is 63.9 cm³/mol. The van der Waals surface area contributed by atoms with E-state index in [-0.39, 0.29) is 13.2 Å². The Bertz CT molecular complexity index is 284. The van der Waals surface area contributed by atoms with E-state index in [2.05, 4.69) is 0 Å². The van der Waals surface area contributed by atoms with E-state index in [0.29, 0.717) is 4.67 Å². The molecule has 0 saturated carbocycles. The molecule has 0 unspecified atom stereocenters. The lowest BCUT2D eigenvalue weighted by atomic mass is 10.7. The maximum Gasteiger partial charge on any atom is 0.437 e. The SMILES string of the molecule is CCOP(=O)(OCC)N(C)C(=O)C(Cl)(Cl)Cl. The number of rotatable bonds is 5. The fraction of sp³-hybridized carbons (Fsp3) is 0.857. The third kappa shape index (κ3) is 4.40. The summed E-state index contributed by atoms with van der Waals surface area (Å²) in [6.45, 7) is 3.43. The summed E-state index contributed by atoms with van der Waals surface area (Å²) in [4.78, 5) is 11.6. The summed E-state index contributed by atoms with van der Waals surface area (Å²) in [5.74, 6) is -0.970. The highest BCUT2D eigenvalue weighted by Gasteiger charge is 2.43. The summed E-state index contributed by atoms with van der Waals surface area (Å²) in [6, 6.07) is 0. The van der Waals surface area contributed by atoms with Gasteiger partial charge in [0.2, 0.25) is 0 Å². The first-order chi connectivity index (χ1) is 7.19. The molecule has 0 heterocycles. The maximum absolute atomic E-state index is 12.1. The molecule has 0 N–H and O–H groups in total. The smallest absolute Gasteiger partial charge is 0.292 e. The molecule has 0 aliphatic heterocycles. The van der Waals surface area contributed by atoms with Gasteiger partial charge in [0.05, 0.1) is 13.2 Å². The Morgan fingerprint density at radius 2 is 1.62 bits per heavy atom. The molecule has 0 aromatic rings. The van der Waals surface area contributed by atoms with Gasteiger partial charge in [-0.1, -0.05) is 34.8 Å². The third-order valence-electron chi connectivity index (χ3n) is 1.49. The van der Waals surface area contributed by atoms with Gasteiger partial charge in [0, 0.05) is 7.05 Å². The van der Waals surface area contributed by atoms with E-state index in [9.17, 15) is 9.36 Å².